The maximum atomic E-state index is 13.4. The van der Waals surface area contributed by atoms with Gasteiger partial charge in [0.25, 0.3) is 0 Å². The van der Waals surface area contributed by atoms with Gasteiger partial charge in [0.15, 0.2) is 0 Å². The Morgan fingerprint density at radius 1 is 1.07 bits per heavy atom. The summed E-state index contributed by atoms with van der Waals surface area (Å²) in [6.45, 7) is 2.47. The zero-order valence-electron chi connectivity index (χ0n) is 16.3. The maximum absolute atomic E-state index is 13.4. The SMILES string of the molecule is Cc1cccc(-c2noc([C@H]3CCCN3S(=O)(=O)c3ccc4c(c3)CCC4)n2)c1. The largest absolute Gasteiger partial charge is 0.337 e. The second-order valence-corrected chi connectivity index (χ2v) is 9.77. The fraction of sp³-hybridized carbons (Fsp3) is 0.364. The van der Waals surface area contributed by atoms with E-state index in [1.54, 1.807) is 6.07 Å². The lowest BCUT2D eigenvalue weighted by molar-refractivity contribution is 0.290. The molecule has 7 heteroatoms. The number of nitrogens with zero attached hydrogens (tertiary/aromatic N) is 3. The molecule has 3 aromatic rings. The fourth-order valence-corrected chi connectivity index (χ4v) is 6.09. The molecular weight excluding hydrogens is 386 g/mol. The van der Waals surface area contributed by atoms with E-state index in [-0.39, 0.29) is 0 Å². The molecule has 0 saturated carbocycles. The summed E-state index contributed by atoms with van der Waals surface area (Å²) in [6.07, 6.45) is 4.53. The zero-order valence-corrected chi connectivity index (χ0v) is 17.2. The minimum Gasteiger partial charge on any atom is -0.337 e. The standard InChI is InChI=1S/C22H23N3O3S/c1-15-5-2-8-18(13-15)21-23-22(28-24-21)20-9-4-12-25(20)29(26,27)19-11-10-16-6-3-7-17(16)14-19/h2,5,8,10-11,13-14,20H,3-4,6-7,9,12H2,1H3/t20-/m1/s1. The number of aryl methyl sites for hydroxylation is 3. The summed E-state index contributed by atoms with van der Waals surface area (Å²) >= 11 is 0. The van der Waals surface area contributed by atoms with Gasteiger partial charge in [0.1, 0.15) is 6.04 Å². The predicted molar refractivity (Wildman–Crippen MR) is 109 cm³/mol. The van der Waals surface area contributed by atoms with Gasteiger partial charge in [-0.05, 0) is 68.4 Å². The summed E-state index contributed by atoms with van der Waals surface area (Å²) in [7, 11) is -3.61. The van der Waals surface area contributed by atoms with Crippen LogP contribution in [-0.2, 0) is 22.9 Å². The summed E-state index contributed by atoms with van der Waals surface area (Å²) in [5.41, 5.74) is 4.39. The van der Waals surface area contributed by atoms with Gasteiger partial charge in [0.05, 0.1) is 4.90 Å². The predicted octanol–water partition coefficient (Wildman–Crippen LogP) is 4.06. The van der Waals surface area contributed by atoms with Gasteiger partial charge in [-0.25, -0.2) is 8.42 Å². The molecule has 1 aliphatic heterocycles. The Morgan fingerprint density at radius 2 is 1.93 bits per heavy atom. The maximum Gasteiger partial charge on any atom is 0.245 e. The van der Waals surface area contributed by atoms with Crippen molar-refractivity contribution in [3.05, 3.63) is 65.0 Å². The molecule has 6 nitrogen and oxygen atoms in total. The molecule has 0 bridgehead atoms. The van der Waals surface area contributed by atoms with Crippen LogP contribution >= 0.6 is 0 Å². The van der Waals surface area contributed by atoms with E-state index >= 15 is 0 Å². The van der Waals surface area contributed by atoms with Crippen molar-refractivity contribution in [2.24, 2.45) is 0 Å². The molecule has 0 unspecified atom stereocenters. The molecule has 150 valence electrons. The van der Waals surface area contributed by atoms with Crippen LogP contribution in [0.15, 0.2) is 51.9 Å². The van der Waals surface area contributed by atoms with Crippen LogP contribution in [0.3, 0.4) is 0 Å². The van der Waals surface area contributed by atoms with E-state index in [1.165, 1.54) is 9.87 Å². The first-order valence-electron chi connectivity index (χ1n) is 10.1. The third-order valence-corrected chi connectivity index (χ3v) is 7.79. The Balaban J connectivity index is 1.46. The summed E-state index contributed by atoms with van der Waals surface area (Å²) in [5, 5.41) is 4.10. The first-order chi connectivity index (χ1) is 14.0. The monoisotopic (exact) mass is 409 g/mol. The van der Waals surface area contributed by atoms with Crippen LogP contribution in [0, 0.1) is 6.92 Å². The van der Waals surface area contributed by atoms with Gasteiger partial charge in [0, 0.05) is 12.1 Å². The van der Waals surface area contributed by atoms with Crippen molar-refractivity contribution in [1.82, 2.24) is 14.4 Å². The highest BCUT2D eigenvalue weighted by atomic mass is 32.2. The Bertz CT molecular complexity index is 1170. The average Bonchev–Trinajstić information content (AvgIpc) is 3.46. The first kappa shape index (κ1) is 18.5. The fourth-order valence-electron chi connectivity index (χ4n) is 4.39. The molecular formula is C22H23N3O3S. The molecule has 0 amide bonds. The first-order valence-corrected chi connectivity index (χ1v) is 11.5. The molecule has 2 aromatic carbocycles. The van der Waals surface area contributed by atoms with Crippen molar-refractivity contribution in [2.45, 2.75) is 50.0 Å². The number of hydrogen-bond donors (Lipinski definition) is 0. The average molecular weight is 410 g/mol. The highest BCUT2D eigenvalue weighted by Gasteiger charge is 2.39. The lowest BCUT2D eigenvalue weighted by atomic mass is 10.1. The molecule has 1 saturated heterocycles. The van der Waals surface area contributed by atoms with E-state index in [1.807, 2.05) is 43.3 Å². The number of benzene rings is 2. The van der Waals surface area contributed by atoms with E-state index in [9.17, 15) is 8.42 Å². The summed E-state index contributed by atoms with van der Waals surface area (Å²) in [6, 6.07) is 13.0. The normalized spacial score (nSPS) is 19.6. The molecule has 0 spiro atoms. The van der Waals surface area contributed by atoms with Gasteiger partial charge in [-0.3, -0.25) is 0 Å². The van der Waals surface area contributed by atoms with Gasteiger partial charge in [-0.15, -0.1) is 0 Å². The van der Waals surface area contributed by atoms with Crippen molar-refractivity contribution in [1.29, 1.82) is 0 Å². The molecule has 2 heterocycles. The smallest absolute Gasteiger partial charge is 0.245 e. The van der Waals surface area contributed by atoms with E-state index in [0.717, 1.165) is 42.4 Å². The van der Waals surface area contributed by atoms with Crippen molar-refractivity contribution in [2.75, 3.05) is 6.54 Å². The third kappa shape index (κ3) is 3.28. The number of hydrogen-bond acceptors (Lipinski definition) is 5. The number of aromatic nitrogens is 2. The molecule has 0 radical (unpaired) electrons. The van der Waals surface area contributed by atoms with Crippen LogP contribution < -0.4 is 0 Å². The van der Waals surface area contributed by atoms with E-state index in [4.69, 9.17) is 4.52 Å². The van der Waals surface area contributed by atoms with Crippen LogP contribution in [0.4, 0.5) is 0 Å². The molecule has 1 atom stereocenters. The Kier molecular flexibility index (Phi) is 4.52. The molecule has 2 aliphatic rings. The molecule has 1 fully saturated rings. The van der Waals surface area contributed by atoms with Gasteiger partial charge in [-0.2, -0.15) is 9.29 Å². The molecule has 1 aliphatic carbocycles. The second-order valence-electron chi connectivity index (χ2n) is 7.88. The Morgan fingerprint density at radius 3 is 2.79 bits per heavy atom. The van der Waals surface area contributed by atoms with Crippen molar-refractivity contribution < 1.29 is 12.9 Å². The zero-order chi connectivity index (χ0) is 20.0. The van der Waals surface area contributed by atoms with Crippen molar-refractivity contribution >= 4 is 10.0 Å². The summed E-state index contributed by atoms with van der Waals surface area (Å²) in [4.78, 5) is 4.90. The molecule has 29 heavy (non-hydrogen) atoms. The molecule has 0 N–H and O–H groups in total. The van der Waals surface area contributed by atoms with E-state index < -0.39 is 16.1 Å². The van der Waals surface area contributed by atoms with Crippen LogP contribution in [0.25, 0.3) is 11.4 Å². The van der Waals surface area contributed by atoms with E-state index in [0.29, 0.717) is 29.6 Å². The minimum atomic E-state index is -3.61. The van der Waals surface area contributed by atoms with Gasteiger partial charge >= 0.3 is 0 Å². The number of sulfonamides is 1. The number of rotatable bonds is 4. The minimum absolute atomic E-state index is 0.364. The van der Waals surface area contributed by atoms with E-state index in [2.05, 4.69) is 10.1 Å². The van der Waals surface area contributed by atoms with Crippen molar-refractivity contribution in [3.8, 4) is 11.4 Å². The van der Waals surface area contributed by atoms with Crippen LogP contribution in [0.5, 0.6) is 0 Å². The van der Waals surface area contributed by atoms with Gasteiger partial charge < -0.3 is 4.52 Å². The second kappa shape index (κ2) is 7.07. The van der Waals surface area contributed by atoms with Crippen LogP contribution in [0.1, 0.15) is 47.9 Å². The van der Waals surface area contributed by atoms with Crippen LogP contribution in [-0.4, -0.2) is 29.4 Å². The van der Waals surface area contributed by atoms with Crippen molar-refractivity contribution in [3.63, 3.8) is 0 Å². The highest BCUT2D eigenvalue weighted by Crippen LogP contribution is 2.37. The summed E-state index contributed by atoms with van der Waals surface area (Å²) < 4.78 is 33.8. The Hall–Kier alpha value is -2.51. The third-order valence-electron chi connectivity index (χ3n) is 5.88. The van der Waals surface area contributed by atoms with Gasteiger partial charge in [-0.1, -0.05) is 35.0 Å². The molecule has 5 rings (SSSR count). The Labute approximate surface area is 170 Å². The lowest BCUT2D eigenvalue weighted by Crippen LogP contribution is -2.31. The molecule has 1 aromatic heterocycles. The lowest BCUT2D eigenvalue weighted by Gasteiger charge is -2.21. The number of fused-ring (bicyclic) bond motifs is 1. The highest BCUT2D eigenvalue weighted by molar-refractivity contribution is 7.89. The van der Waals surface area contributed by atoms with Gasteiger partial charge in [0.2, 0.25) is 21.7 Å². The summed E-state index contributed by atoms with van der Waals surface area (Å²) in [5.74, 6) is 0.856. The topological polar surface area (TPSA) is 76.3 Å². The van der Waals surface area contributed by atoms with Crippen LogP contribution in [0.2, 0.25) is 0 Å². The quantitative estimate of drug-likeness (QED) is 0.649.